The van der Waals surface area contributed by atoms with E-state index in [1.165, 1.54) is 0 Å². The zero-order valence-electron chi connectivity index (χ0n) is 12.4. The summed E-state index contributed by atoms with van der Waals surface area (Å²) in [7, 11) is 0. The number of aliphatic carboxylic acids is 1. The lowest BCUT2D eigenvalue weighted by Crippen LogP contribution is -2.41. The molecule has 0 saturated carbocycles. The molecule has 0 aromatic heterocycles. The number of carboxylic acid groups (broad SMARTS) is 1. The van der Waals surface area contributed by atoms with E-state index >= 15 is 0 Å². The van der Waals surface area contributed by atoms with E-state index in [-0.39, 0.29) is 18.7 Å². The Morgan fingerprint density at radius 1 is 1.29 bits per heavy atom. The van der Waals surface area contributed by atoms with Crippen LogP contribution in [0.3, 0.4) is 0 Å². The third-order valence-electron chi connectivity index (χ3n) is 3.18. The molecule has 1 unspecified atom stereocenters. The van der Waals surface area contributed by atoms with Gasteiger partial charge in [0.1, 0.15) is 6.29 Å². The Morgan fingerprint density at radius 2 is 1.90 bits per heavy atom. The summed E-state index contributed by atoms with van der Waals surface area (Å²) in [5.41, 5.74) is 1.43. The first kappa shape index (κ1) is 16.9. The second-order valence-electron chi connectivity index (χ2n) is 5.03. The van der Waals surface area contributed by atoms with Crippen molar-refractivity contribution in [1.29, 1.82) is 0 Å². The minimum absolute atomic E-state index is 0.0640. The van der Waals surface area contributed by atoms with Crippen LogP contribution in [0, 0.1) is 0 Å². The van der Waals surface area contributed by atoms with E-state index in [9.17, 15) is 14.4 Å². The maximum atomic E-state index is 12.3. The van der Waals surface area contributed by atoms with E-state index in [1.807, 2.05) is 6.92 Å². The number of hydrogen-bond donors (Lipinski definition) is 1. The van der Waals surface area contributed by atoms with Gasteiger partial charge in [-0.25, -0.2) is 0 Å². The van der Waals surface area contributed by atoms with Crippen LogP contribution in [0.25, 0.3) is 0 Å². The first-order chi connectivity index (χ1) is 9.97. The van der Waals surface area contributed by atoms with Crippen LogP contribution in [0.5, 0.6) is 0 Å². The number of benzene rings is 1. The maximum absolute atomic E-state index is 12.3. The molecular formula is C16H21NO4. The molecule has 0 heterocycles. The average Bonchev–Trinajstić information content (AvgIpc) is 2.43. The normalized spacial score (nSPS) is 11.7. The van der Waals surface area contributed by atoms with Gasteiger partial charge in [0.25, 0.3) is 0 Å². The number of aldehydes is 1. The minimum Gasteiger partial charge on any atom is -0.481 e. The Bertz CT molecular complexity index is 513. The highest BCUT2D eigenvalue weighted by Crippen LogP contribution is 2.10. The van der Waals surface area contributed by atoms with Crippen molar-refractivity contribution in [2.45, 2.75) is 39.2 Å². The van der Waals surface area contributed by atoms with Gasteiger partial charge in [-0.2, -0.15) is 0 Å². The smallest absolute Gasteiger partial charge is 0.307 e. The highest BCUT2D eigenvalue weighted by Gasteiger charge is 2.19. The fourth-order valence-electron chi connectivity index (χ4n) is 2.17. The molecule has 1 aromatic rings. The number of hydrogen-bond acceptors (Lipinski definition) is 3. The standard InChI is InChI=1S/C16H21NO4/c1-3-7-17(12(2)11-18)15(19)9-13-5-4-6-14(8-13)10-16(20)21/h4-6,8,11-12H,3,7,9-10H2,1-2H3,(H,20,21). The van der Waals surface area contributed by atoms with E-state index in [2.05, 4.69) is 0 Å². The third-order valence-corrected chi connectivity index (χ3v) is 3.18. The summed E-state index contributed by atoms with van der Waals surface area (Å²) in [6.07, 6.45) is 1.65. The largest absolute Gasteiger partial charge is 0.481 e. The van der Waals surface area contributed by atoms with Crippen LogP contribution in [0.2, 0.25) is 0 Å². The van der Waals surface area contributed by atoms with Crippen molar-refractivity contribution >= 4 is 18.2 Å². The summed E-state index contributed by atoms with van der Waals surface area (Å²) in [5, 5.41) is 8.79. The highest BCUT2D eigenvalue weighted by molar-refractivity contribution is 5.82. The third kappa shape index (κ3) is 5.38. The Morgan fingerprint density at radius 3 is 2.43 bits per heavy atom. The van der Waals surface area contributed by atoms with Crippen LogP contribution in [0.1, 0.15) is 31.4 Å². The van der Waals surface area contributed by atoms with Crippen molar-refractivity contribution in [1.82, 2.24) is 4.90 Å². The summed E-state index contributed by atoms with van der Waals surface area (Å²) in [5.74, 6) is -1.02. The van der Waals surface area contributed by atoms with Crippen molar-refractivity contribution in [3.8, 4) is 0 Å². The van der Waals surface area contributed by atoms with Crippen molar-refractivity contribution in [3.05, 3.63) is 35.4 Å². The van der Waals surface area contributed by atoms with Crippen LogP contribution >= 0.6 is 0 Å². The topological polar surface area (TPSA) is 74.7 Å². The van der Waals surface area contributed by atoms with Crippen molar-refractivity contribution in [2.75, 3.05) is 6.54 Å². The van der Waals surface area contributed by atoms with Gasteiger partial charge in [-0.05, 0) is 24.5 Å². The molecule has 21 heavy (non-hydrogen) atoms. The lowest BCUT2D eigenvalue weighted by Gasteiger charge is -2.25. The number of amides is 1. The minimum atomic E-state index is -0.902. The number of carbonyl (C=O) groups excluding carboxylic acids is 2. The van der Waals surface area contributed by atoms with Crippen molar-refractivity contribution in [3.63, 3.8) is 0 Å². The lowest BCUT2D eigenvalue weighted by atomic mass is 10.0. The number of carboxylic acids is 1. The Kier molecular flexibility index (Phi) is 6.59. The Balaban J connectivity index is 2.80. The van der Waals surface area contributed by atoms with Crippen LogP contribution in [0.4, 0.5) is 0 Å². The molecule has 0 fully saturated rings. The molecule has 1 aromatic carbocycles. The second kappa shape index (κ2) is 8.19. The molecule has 1 atom stereocenters. The molecule has 5 nitrogen and oxygen atoms in total. The van der Waals surface area contributed by atoms with Gasteiger partial charge in [-0.3, -0.25) is 9.59 Å². The average molecular weight is 291 g/mol. The number of rotatable bonds is 8. The van der Waals surface area contributed by atoms with E-state index < -0.39 is 12.0 Å². The second-order valence-corrected chi connectivity index (χ2v) is 5.03. The molecule has 1 amide bonds. The number of carbonyl (C=O) groups is 3. The van der Waals surface area contributed by atoms with Crippen molar-refractivity contribution in [2.24, 2.45) is 0 Å². The van der Waals surface area contributed by atoms with Gasteiger partial charge in [-0.1, -0.05) is 31.2 Å². The zero-order valence-corrected chi connectivity index (χ0v) is 12.4. The SMILES string of the molecule is CCCN(C(=O)Cc1cccc(CC(=O)O)c1)C(C)C=O. The molecule has 0 aliphatic carbocycles. The number of nitrogens with zero attached hydrogens (tertiary/aromatic N) is 1. The quantitative estimate of drug-likeness (QED) is 0.739. The van der Waals surface area contributed by atoms with Gasteiger partial charge in [0.05, 0.1) is 18.9 Å². The summed E-state index contributed by atoms with van der Waals surface area (Å²) >= 11 is 0. The first-order valence-electron chi connectivity index (χ1n) is 7.02. The van der Waals surface area contributed by atoms with Crippen LogP contribution in [-0.4, -0.2) is 40.8 Å². The summed E-state index contributed by atoms with van der Waals surface area (Å²) in [6, 6.07) is 6.54. The molecular weight excluding hydrogens is 270 g/mol. The van der Waals surface area contributed by atoms with Gasteiger partial charge >= 0.3 is 5.97 Å². The van der Waals surface area contributed by atoms with Gasteiger partial charge in [0.15, 0.2) is 0 Å². The molecule has 1 rings (SSSR count). The lowest BCUT2D eigenvalue weighted by molar-refractivity contribution is -0.136. The summed E-state index contributed by atoms with van der Waals surface area (Å²) in [6.45, 7) is 4.18. The summed E-state index contributed by atoms with van der Waals surface area (Å²) < 4.78 is 0. The van der Waals surface area contributed by atoms with E-state index in [0.717, 1.165) is 18.3 Å². The Hall–Kier alpha value is -2.17. The molecule has 0 bridgehead atoms. The molecule has 0 aliphatic rings. The summed E-state index contributed by atoms with van der Waals surface area (Å²) in [4.78, 5) is 35.4. The molecule has 114 valence electrons. The van der Waals surface area contributed by atoms with Gasteiger partial charge in [0, 0.05) is 6.54 Å². The van der Waals surface area contributed by atoms with E-state index in [1.54, 1.807) is 36.1 Å². The molecule has 0 radical (unpaired) electrons. The molecule has 0 spiro atoms. The fraction of sp³-hybridized carbons (Fsp3) is 0.438. The molecule has 1 N–H and O–H groups in total. The fourth-order valence-corrected chi connectivity index (χ4v) is 2.17. The monoisotopic (exact) mass is 291 g/mol. The van der Waals surface area contributed by atoms with Gasteiger partial charge in [0.2, 0.25) is 5.91 Å². The predicted octanol–water partition coefficient (Wildman–Crippen LogP) is 1.68. The predicted molar refractivity (Wildman–Crippen MR) is 79.0 cm³/mol. The molecule has 0 saturated heterocycles. The van der Waals surface area contributed by atoms with Gasteiger partial charge < -0.3 is 14.8 Å². The van der Waals surface area contributed by atoms with E-state index in [4.69, 9.17) is 5.11 Å². The first-order valence-corrected chi connectivity index (χ1v) is 7.02. The van der Waals surface area contributed by atoms with Crippen LogP contribution in [-0.2, 0) is 27.2 Å². The molecule has 5 heteroatoms. The van der Waals surface area contributed by atoms with Crippen molar-refractivity contribution < 1.29 is 19.5 Å². The maximum Gasteiger partial charge on any atom is 0.307 e. The van der Waals surface area contributed by atoms with Crippen LogP contribution < -0.4 is 0 Å². The molecule has 0 aliphatic heterocycles. The van der Waals surface area contributed by atoms with Crippen LogP contribution in [0.15, 0.2) is 24.3 Å². The Labute approximate surface area is 124 Å². The zero-order chi connectivity index (χ0) is 15.8. The van der Waals surface area contributed by atoms with Gasteiger partial charge in [-0.15, -0.1) is 0 Å². The highest BCUT2D eigenvalue weighted by atomic mass is 16.4. The van der Waals surface area contributed by atoms with E-state index in [0.29, 0.717) is 12.1 Å².